The third kappa shape index (κ3) is 8.14. The molecule has 1 rings (SSSR count). The van der Waals surface area contributed by atoms with Crippen LogP contribution in [0.4, 0.5) is 11.4 Å². The zero-order chi connectivity index (χ0) is 21.6. The first-order valence-corrected chi connectivity index (χ1v) is 9.09. The fourth-order valence-corrected chi connectivity index (χ4v) is 2.27. The van der Waals surface area contributed by atoms with E-state index >= 15 is 0 Å². The summed E-state index contributed by atoms with van der Waals surface area (Å²) in [6, 6.07) is 0. The van der Waals surface area contributed by atoms with Crippen LogP contribution in [0, 0.1) is 20.8 Å². The summed E-state index contributed by atoms with van der Waals surface area (Å²) < 4.78 is 0. The van der Waals surface area contributed by atoms with Gasteiger partial charge in [0.05, 0.1) is 5.56 Å². The molecule has 26 heavy (non-hydrogen) atoms. The first-order valence-electron chi connectivity index (χ1n) is 9.09. The number of benzene rings is 1. The molecule has 0 radical (unpaired) electrons. The monoisotopic (exact) mass is 368 g/mol. The Hall–Kier alpha value is -2.37. The maximum absolute atomic E-state index is 11.4. The van der Waals surface area contributed by atoms with Crippen molar-refractivity contribution in [1.82, 2.24) is 0 Å². The van der Waals surface area contributed by atoms with Crippen LogP contribution < -0.4 is 10.6 Å². The fourth-order valence-electron chi connectivity index (χ4n) is 2.27. The van der Waals surface area contributed by atoms with Crippen LogP contribution in [-0.2, 0) is 9.59 Å². The van der Waals surface area contributed by atoms with Gasteiger partial charge in [-0.3, -0.25) is 9.59 Å². The van der Waals surface area contributed by atoms with Gasteiger partial charge in [0.25, 0.3) is 0 Å². The van der Waals surface area contributed by atoms with Crippen LogP contribution in [-0.4, -0.2) is 22.9 Å². The minimum atomic E-state index is -1.10. The average Bonchev–Trinajstić information content (AvgIpc) is 2.60. The van der Waals surface area contributed by atoms with Crippen LogP contribution in [0.3, 0.4) is 0 Å². The molecule has 0 aliphatic carbocycles. The predicted molar refractivity (Wildman–Crippen MR) is 110 cm³/mol. The Morgan fingerprint density at radius 1 is 0.654 bits per heavy atom. The van der Waals surface area contributed by atoms with Crippen molar-refractivity contribution in [1.29, 1.82) is 0 Å². The molecule has 1 aromatic carbocycles. The molecular weight excluding hydrogens is 332 g/mol. The zero-order valence-corrected chi connectivity index (χ0v) is 18.2. The van der Waals surface area contributed by atoms with Crippen molar-refractivity contribution >= 4 is 29.2 Å². The Balaban J connectivity index is -0.000000795. The van der Waals surface area contributed by atoms with Crippen LogP contribution in [0.15, 0.2) is 0 Å². The highest BCUT2D eigenvalue weighted by Gasteiger charge is 2.22. The van der Waals surface area contributed by atoms with Gasteiger partial charge in [-0.15, -0.1) is 0 Å². The van der Waals surface area contributed by atoms with E-state index in [0.29, 0.717) is 28.1 Å². The molecule has 150 valence electrons. The van der Waals surface area contributed by atoms with E-state index in [-0.39, 0.29) is 17.4 Å². The number of anilines is 2. The van der Waals surface area contributed by atoms with Crippen molar-refractivity contribution in [2.24, 2.45) is 0 Å². The largest absolute Gasteiger partial charge is 0.478 e. The summed E-state index contributed by atoms with van der Waals surface area (Å²) in [6.45, 7) is 19.7. The Morgan fingerprint density at radius 3 is 1.12 bits per heavy atom. The molecule has 6 heteroatoms. The number of hydrogen-bond donors (Lipinski definition) is 3. The Morgan fingerprint density at radius 2 is 0.923 bits per heavy atom. The van der Waals surface area contributed by atoms with Gasteiger partial charge in [-0.2, -0.15) is 0 Å². The molecule has 3 N–H and O–H groups in total. The molecule has 0 saturated heterocycles. The summed E-state index contributed by atoms with van der Waals surface area (Å²) in [5.41, 5.74) is 2.50. The smallest absolute Gasteiger partial charge is 0.336 e. The standard InChI is InChI=1S/C14H18N2O4.3C2H6/c1-6-11(14(19)20)7(2)13(16-10(5)18)8(3)12(6)15-9(4)17;3*1-2/h1-5H3,(H,15,17)(H,16,18)(H,19,20);3*1-2H3. The molecule has 0 aliphatic heterocycles. The van der Waals surface area contributed by atoms with Gasteiger partial charge in [-0.05, 0) is 37.5 Å². The minimum absolute atomic E-state index is 0.0862. The normalized spacial score (nSPS) is 8.42. The van der Waals surface area contributed by atoms with Crippen molar-refractivity contribution in [2.45, 2.75) is 76.2 Å². The van der Waals surface area contributed by atoms with Crippen LogP contribution in [0.2, 0.25) is 0 Å². The van der Waals surface area contributed by atoms with Gasteiger partial charge < -0.3 is 15.7 Å². The number of aromatic carboxylic acids is 1. The number of carbonyl (C=O) groups is 3. The number of rotatable bonds is 3. The Kier molecular flexibility index (Phi) is 16.3. The van der Waals surface area contributed by atoms with E-state index in [1.807, 2.05) is 41.5 Å². The quantitative estimate of drug-likeness (QED) is 0.674. The maximum Gasteiger partial charge on any atom is 0.336 e. The molecule has 0 unspecified atom stereocenters. The summed E-state index contributed by atoms with van der Waals surface area (Å²) in [6.07, 6.45) is 0. The SMILES string of the molecule is CC.CC.CC.CC(=O)Nc1c(C)c(NC(C)=O)c(C)c(C(=O)O)c1C. The minimum Gasteiger partial charge on any atom is -0.478 e. The Labute approximate surface area is 158 Å². The lowest BCUT2D eigenvalue weighted by Crippen LogP contribution is -2.17. The third-order valence-corrected chi connectivity index (χ3v) is 3.07. The lowest BCUT2D eigenvalue weighted by atomic mass is 9.94. The van der Waals surface area contributed by atoms with Crippen LogP contribution in [0.25, 0.3) is 0 Å². The molecule has 0 fully saturated rings. The van der Waals surface area contributed by atoms with Gasteiger partial charge in [-0.1, -0.05) is 41.5 Å². The van der Waals surface area contributed by atoms with Crippen LogP contribution >= 0.6 is 0 Å². The van der Waals surface area contributed by atoms with E-state index in [9.17, 15) is 19.5 Å². The first-order chi connectivity index (χ1) is 12.2. The van der Waals surface area contributed by atoms with Crippen molar-refractivity contribution < 1.29 is 19.5 Å². The van der Waals surface area contributed by atoms with Gasteiger partial charge in [0, 0.05) is 25.2 Å². The molecule has 0 heterocycles. The van der Waals surface area contributed by atoms with E-state index in [1.54, 1.807) is 20.8 Å². The van der Waals surface area contributed by atoms with Crippen LogP contribution in [0.5, 0.6) is 0 Å². The molecule has 0 atom stereocenters. The lowest BCUT2D eigenvalue weighted by Gasteiger charge is -2.20. The Bertz CT molecular complexity index is 565. The van der Waals surface area contributed by atoms with Crippen molar-refractivity contribution in [3.8, 4) is 0 Å². The van der Waals surface area contributed by atoms with Crippen molar-refractivity contribution in [3.63, 3.8) is 0 Å². The number of carboxylic acids is 1. The second kappa shape index (κ2) is 14.9. The molecule has 0 saturated carbocycles. The topological polar surface area (TPSA) is 95.5 Å². The molecule has 0 aliphatic rings. The van der Waals surface area contributed by atoms with E-state index in [1.165, 1.54) is 13.8 Å². The fraction of sp³-hybridized carbons (Fsp3) is 0.550. The molecule has 6 nitrogen and oxygen atoms in total. The van der Waals surface area contributed by atoms with Crippen LogP contribution in [0.1, 0.15) is 82.4 Å². The van der Waals surface area contributed by atoms with E-state index in [2.05, 4.69) is 10.6 Å². The van der Waals surface area contributed by atoms with Gasteiger partial charge in [0.1, 0.15) is 0 Å². The van der Waals surface area contributed by atoms with Gasteiger partial charge in [0.2, 0.25) is 11.8 Å². The highest BCUT2D eigenvalue weighted by molar-refractivity contribution is 6.02. The first kappa shape index (κ1) is 28.4. The number of nitrogens with one attached hydrogen (secondary N) is 2. The summed E-state index contributed by atoms with van der Waals surface area (Å²) in [4.78, 5) is 33.9. The molecule has 0 spiro atoms. The zero-order valence-electron chi connectivity index (χ0n) is 18.2. The summed E-state index contributed by atoms with van der Waals surface area (Å²) in [7, 11) is 0. The molecule has 0 aromatic heterocycles. The van der Waals surface area contributed by atoms with Crippen molar-refractivity contribution in [2.75, 3.05) is 10.6 Å². The second-order valence-electron chi connectivity index (χ2n) is 4.67. The highest BCUT2D eigenvalue weighted by Crippen LogP contribution is 2.34. The summed E-state index contributed by atoms with van der Waals surface area (Å²) in [5.74, 6) is -1.70. The summed E-state index contributed by atoms with van der Waals surface area (Å²) in [5, 5.41) is 14.6. The van der Waals surface area contributed by atoms with E-state index in [0.717, 1.165) is 0 Å². The van der Waals surface area contributed by atoms with Gasteiger partial charge >= 0.3 is 5.97 Å². The average molecular weight is 369 g/mol. The molecule has 1 aromatic rings. The second-order valence-corrected chi connectivity index (χ2v) is 4.67. The highest BCUT2D eigenvalue weighted by atomic mass is 16.4. The molecular formula is C20H36N2O4. The van der Waals surface area contributed by atoms with E-state index < -0.39 is 5.97 Å². The summed E-state index contributed by atoms with van der Waals surface area (Å²) >= 11 is 0. The number of carboxylic acid groups (broad SMARTS) is 1. The number of hydrogen-bond acceptors (Lipinski definition) is 3. The maximum atomic E-state index is 11.4. The number of amides is 2. The molecule has 2 amide bonds. The van der Waals surface area contributed by atoms with Gasteiger partial charge in [-0.25, -0.2) is 4.79 Å². The van der Waals surface area contributed by atoms with Crippen molar-refractivity contribution in [3.05, 3.63) is 22.3 Å². The lowest BCUT2D eigenvalue weighted by molar-refractivity contribution is -0.115. The third-order valence-electron chi connectivity index (χ3n) is 3.07. The van der Waals surface area contributed by atoms with E-state index in [4.69, 9.17) is 0 Å². The molecule has 0 bridgehead atoms. The van der Waals surface area contributed by atoms with Gasteiger partial charge in [0.15, 0.2) is 0 Å². The predicted octanol–water partition coefficient (Wildman–Crippen LogP) is 5.31. The number of carbonyl (C=O) groups excluding carboxylic acids is 2.